The average molecular weight is 689 g/mol. The minimum Gasteiger partial charge on any atom is -0.310 e. The molecule has 5 aromatic carbocycles. The predicted octanol–water partition coefficient (Wildman–Crippen LogP) is 14.0. The summed E-state index contributed by atoms with van der Waals surface area (Å²) in [5.74, 6) is 0. The van der Waals surface area contributed by atoms with Crippen molar-refractivity contribution in [3.05, 3.63) is 178 Å². The van der Waals surface area contributed by atoms with E-state index in [2.05, 4.69) is 169 Å². The van der Waals surface area contributed by atoms with Crippen LogP contribution in [-0.4, -0.2) is 4.57 Å². The lowest BCUT2D eigenvalue weighted by Crippen LogP contribution is -2.19. The lowest BCUT2D eigenvalue weighted by atomic mass is 9.92. The fourth-order valence-electron chi connectivity index (χ4n) is 8.95. The molecule has 2 nitrogen and oxygen atoms in total. The number of allylic oxidation sites excluding steroid dienone is 7. The van der Waals surface area contributed by atoms with E-state index in [1.165, 1.54) is 98.5 Å². The molecule has 3 aliphatic rings. The predicted molar refractivity (Wildman–Crippen MR) is 224 cm³/mol. The van der Waals surface area contributed by atoms with Crippen molar-refractivity contribution in [2.24, 2.45) is 0 Å². The van der Waals surface area contributed by atoms with Gasteiger partial charge in [-0.05, 0) is 128 Å². The molecular formula is C49H40N2S. The van der Waals surface area contributed by atoms with Crippen LogP contribution in [0.15, 0.2) is 168 Å². The molecule has 0 N–H and O–H groups in total. The summed E-state index contributed by atoms with van der Waals surface area (Å²) in [6.45, 7) is 4.58. The van der Waals surface area contributed by atoms with E-state index < -0.39 is 0 Å². The van der Waals surface area contributed by atoms with Crippen LogP contribution in [0.5, 0.6) is 0 Å². The van der Waals surface area contributed by atoms with Crippen molar-refractivity contribution in [1.82, 2.24) is 4.57 Å². The lowest BCUT2D eigenvalue weighted by molar-refractivity contribution is 0.953. The van der Waals surface area contributed by atoms with Crippen molar-refractivity contribution in [3.63, 3.8) is 0 Å². The molecule has 0 spiro atoms. The SMILES string of the molecule is C/C=C(\C1=C(C)CC2=C1CCC=C2)N(c1ccc2c(c1)c1cc(-c3ccccc3)ccc1n2-c1ccccc1)c1cccc2sc3c(c12)C=CCC3. The van der Waals surface area contributed by atoms with Crippen LogP contribution in [0.25, 0.3) is 54.8 Å². The number of benzene rings is 5. The van der Waals surface area contributed by atoms with Gasteiger partial charge in [0.15, 0.2) is 0 Å². The number of hydrogen-bond donors (Lipinski definition) is 0. The molecule has 0 amide bonds. The molecular weight excluding hydrogens is 649 g/mol. The number of fused-ring (bicyclic) bond motifs is 6. The third kappa shape index (κ3) is 4.91. The van der Waals surface area contributed by atoms with Gasteiger partial charge in [-0.1, -0.05) is 96.6 Å². The Morgan fingerprint density at radius 2 is 1.48 bits per heavy atom. The van der Waals surface area contributed by atoms with Crippen LogP contribution in [0.1, 0.15) is 50.0 Å². The van der Waals surface area contributed by atoms with Gasteiger partial charge in [-0.3, -0.25) is 0 Å². The van der Waals surface area contributed by atoms with Gasteiger partial charge in [0.05, 0.1) is 16.7 Å². The molecule has 0 fully saturated rings. The van der Waals surface area contributed by atoms with Gasteiger partial charge < -0.3 is 9.47 Å². The van der Waals surface area contributed by atoms with Gasteiger partial charge in [0.2, 0.25) is 0 Å². The van der Waals surface area contributed by atoms with Crippen LogP contribution >= 0.6 is 11.3 Å². The molecule has 2 heterocycles. The largest absolute Gasteiger partial charge is 0.310 e. The van der Waals surface area contributed by atoms with Gasteiger partial charge in [-0.2, -0.15) is 0 Å². The molecule has 0 radical (unpaired) electrons. The number of aryl methyl sites for hydroxylation is 1. The number of para-hydroxylation sites is 1. The van der Waals surface area contributed by atoms with Crippen LogP contribution in [0.3, 0.4) is 0 Å². The third-order valence-corrected chi connectivity index (χ3v) is 12.5. The maximum absolute atomic E-state index is 2.59. The molecule has 0 saturated carbocycles. The standard InChI is InChI=1S/C49H40N2S/c1-3-42(48-32(2)29-35-17-10-11-20-38(35)48)51(45-22-14-24-47-49(45)39-21-12-13-23-46(39)52-47)37-26-28-44-41(31-37)40-30-34(33-15-6-4-7-16-33)25-27-43(40)50(44)36-18-8-5-9-19-36/h3-10,12,14-19,21-22,24-28,30-31H,11,13,20,23,29H2,1-2H3/b42-3+. The van der Waals surface area contributed by atoms with Gasteiger partial charge >= 0.3 is 0 Å². The molecule has 252 valence electrons. The highest BCUT2D eigenvalue weighted by Crippen LogP contribution is 2.49. The lowest BCUT2D eigenvalue weighted by Gasteiger charge is -2.32. The van der Waals surface area contributed by atoms with Crippen LogP contribution in [0.2, 0.25) is 0 Å². The van der Waals surface area contributed by atoms with Crippen molar-refractivity contribution in [3.8, 4) is 16.8 Å². The maximum atomic E-state index is 2.59. The molecule has 3 aliphatic carbocycles. The number of anilines is 2. The first-order chi connectivity index (χ1) is 25.7. The molecule has 0 bridgehead atoms. The van der Waals surface area contributed by atoms with Crippen molar-refractivity contribution in [2.75, 3.05) is 4.90 Å². The highest BCUT2D eigenvalue weighted by Gasteiger charge is 2.30. The minimum absolute atomic E-state index is 1.03. The van der Waals surface area contributed by atoms with Gasteiger partial charge in [0, 0.05) is 48.4 Å². The number of hydrogen-bond acceptors (Lipinski definition) is 2. The third-order valence-electron chi connectivity index (χ3n) is 11.2. The van der Waals surface area contributed by atoms with Crippen LogP contribution in [0.4, 0.5) is 11.4 Å². The number of nitrogens with zero attached hydrogens (tertiary/aromatic N) is 2. The Balaban J connectivity index is 1.26. The monoisotopic (exact) mass is 688 g/mol. The number of aromatic nitrogens is 1. The smallest absolute Gasteiger partial charge is 0.0554 e. The Morgan fingerprint density at radius 1 is 0.731 bits per heavy atom. The fourth-order valence-corrected chi connectivity index (χ4v) is 10.2. The molecule has 7 aromatic rings. The summed E-state index contributed by atoms with van der Waals surface area (Å²) >= 11 is 1.97. The second-order valence-corrected chi connectivity index (χ2v) is 15.4. The number of rotatable bonds is 6. The molecule has 0 unspecified atom stereocenters. The first-order valence-corrected chi connectivity index (χ1v) is 19.4. The van der Waals surface area contributed by atoms with Gasteiger partial charge in [0.25, 0.3) is 0 Å². The first-order valence-electron chi connectivity index (χ1n) is 18.6. The zero-order chi connectivity index (χ0) is 34.8. The van der Waals surface area contributed by atoms with Crippen molar-refractivity contribution < 1.29 is 0 Å². The van der Waals surface area contributed by atoms with Crippen LogP contribution < -0.4 is 4.90 Å². The quantitative estimate of drug-likeness (QED) is 0.169. The maximum Gasteiger partial charge on any atom is 0.0554 e. The summed E-state index contributed by atoms with van der Waals surface area (Å²) in [4.78, 5) is 4.09. The van der Waals surface area contributed by atoms with Crippen molar-refractivity contribution in [1.29, 1.82) is 0 Å². The van der Waals surface area contributed by atoms with Gasteiger partial charge in [-0.25, -0.2) is 0 Å². The molecule has 2 aromatic heterocycles. The Morgan fingerprint density at radius 3 is 2.31 bits per heavy atom. The van der Waals surface area contributed by atoms with E-state index in [1.54, 1.807) is 0 Å². The summed E-state index contributed by atoms with van der Waals surface area (Å²) in [6.07, 6.45) is 17.3. The van der Waals surface area contributed by atoms with Gasteiger partial charge in [0.1, 0.15) is 0 Å². The zero-order valence-electron chi connectivity index (χ0n) is 29.7. The second-order valence-electron chi connectivity index (χ2n) is 14.3. The molecule has 0 aliphatic heterocycles. The Labute approximate surface area is 309 Å². The molecule has 0 saturated heterocycles. The van der Waals surface area contributed by atoms with E-state index in [0.717, 1.165) is 32.1 Å². The molecule has 10 rings (SSSR count). The molecule has 3 heteroatoms. The molecule has 52 heavy (non-hydrogen) atoms. The first kappa shape index (κ1) is 31.1. The second kappa shape index (κ2) is 12.5. The van der Waals surface area contributed by atoms with Gasteiger partial charge in [-0.15, -0.1) is 11.3 Å². The van der Waals surface area contributed by atoms with E-state index in [9.17, 15) is 0 Å². The van der Waals surface area contributed by atoms with E-state index in [4.69, 9.17) is 0 Å². The van der Waals surface area contributed by atoms with Crippen molar-refractivity contribution >= 4 is 60.7 Å². The normalized spacial score (nSPS) is 15.7. The average Bonchev–Trinajstić information content (AvgIpc) is 3.86. The minimum atomic E-state index is 1.03. The Bertz CT molecular complexity index is 2710. The summed E-state index contributed by atoms with van der Waals surface area (Å²) in [7, 11) is 0. The van der Waals surface area contributed by atoms with Crippen LogP contribution in [0, 0.1) is 0 Å². The van der Waals surface area contributed by atoms with Crippen LogP contribution in [-0.2, 0) is 6.42 Å². The summed E-state index contributed by atoms with van der Waals surface area (Å²) in [5.41, 5.74) is 17.1. The van der Waals surface area contributed by atoms with E-state index in [0.29, 0.717) is 0 Å². The number of thiophene rings is 1. The Hall–Kier alpha value is -5.64. The topological polar surface area (TPSA) is 8.17 Å². The summed E-state index contributed by atoms with van der Waals surface area (Å²) in [6, 6.07) is 42.7. The Kier molecular flexibility index (Phi) is 7.51. The summed E-state index contributed by atoms with van der Waals surface area (Å²) in [5, 5.41) is 3.88. The van der Waals surface area contributed by atoms with E-state index >= 15 is 0 Å². The van der Waals surface area contributed by atoms with Crippen molar-refractivity contribution in [2.45, 2.75) is 46.0 Å². The zero-order valence-corrected chi connectivity index (χ0v) is 30.5. The summed E-state index contributed by atoms with van der Waals surface area (Å²) < 4.78 is 3.79. The fraction of sp³-hybridized carbons (Fsp3) is 0.143. The van der Waals surface area contributed by atoms with E-state index in [-0.39, 0.29) is 0 Å². The molecule has 0 atom stereocenters. The highest BCUT2D eigenvalue weighted by atomic mass is 32.1. The highest BCUT2D eigenvalue weighted by molar-refractivity contribution is 7.19. The van der Waals surface area contributed by atoms with E-state index in [1.807, 2.05) is 11.3 Å².